The molecule has 118 valence electrons. The first-order chi connectivity index (χ1) is 11.1. The summed E-state index contributed by atoms with van der Waals surface area (Å²) in [6, 6.07) is 9.03. The van der Waals surface area contributed by atoms with Gasteiger partial charge in [0.05, 0.1) is 15.8 Å². The molecule has 0 saturated heterocycles. The molecular formula is C16H16N4O2S. The second-order valence-electron chi connectivity index (χ2n) is 5.01. The predicted octanol–water partition coefficient (Wildman–Crippen LogP) is 2.54. The minimum absolute atomic E-state index is 0.137. The number of hydrogen-bond donors (Lipinski definition) is 2. The second-order valence-corrected chi connectivity index (χ2v) is 5.93. The summed E-state index contributed by atoms with van der Waals surface area (Å²) in [6.45, 7) is 4.18. The highest BCUT2D eigenvalue weighted by molar-refractivity contribution is 7.12. The number of carbonyl (C=O) groups excluding carboxylic acids is 1. The van der Waals surface area contributed by atoms with E-state index in [1.54, 1.807) is 18.2 Å². The summed E-state index contributed by atoms with van der Waals surface area (Å²) >= 11 is 1.37. The molecule has 0 spiro atoms. The molecular weight excluding hydrogens is 312 g/mol. The van der Waals surface area contributed by atoms with Gasteiger partial charge < -0.3 is 0 Å². The van der Waals surface area contributed by atoms with Crippen molar-refractivity contribution in [3.63, 3.8) is 0 Å². The molecule has 6 nitrogen and oxygen atoms in total. The number of para-hydroxylation sites is 1. The van der Waals surface area contributed by atoms with Gasteiger partial charge in [-0.3, -0.25) is 25.0 Å². The van der Waals surface area contributed by atoms with Crippen LogP contribution >= 0.6 is 11.3 Å². The van der Waals surface area contributed by atoms with Gasteiger partial charge in [-0.05, 0) is 43.0 Å². The Morgan fingerprint density at radius 2 is 2.09 bits per heavy atom. The van der Waals surface area contributed by atoms with Crippen molar-refractivity contribution >= 4 is 34.1 Å². The lowest BCUT2D eigenvalue weighted by atomic mass is 10.2. The number of fused-ring (bicyclic) bond motifs is 1. The quantitative estimate of drug-likeness (QED) is 0.722. The first kappa shape index (κ1) is 15.2. The van der Waals surface area contributed by atoms with Gasteiger partial charge in [0.25, 0.3) is 11.5 Å². The Morgan fingerprint density at radius 1 is 1.30 bits per heavy atom. The molecule has 0 unspecified atom stereocenters. The van der Waals surface area contributed by atoms with Gasteiger partial charge in [-0.15, -0.1) is 11.3 Å². The number of nitrogens with zero attached hydrogens (tertiary/aromatic N) is 2. The number of aryl methyl sites for hydroxylation is 1. The minimum Gasteiger partial charge on any atom is -0.277 e. The molecule has 1 aromatic carbocycles. The third-order valence-electron chi connectivity index (χ3n) is 3.53. The normalized spacial score (nSPS) is 10.7. The Morgan fingerprint density at radius 3 is 2.78 bits per heavy atom. The van der Waals surface area contributed by atoms with Crippen molar-refractivity contribution in [3.8, 4) is 0 Å². The van der Waals surface area contributed by atoms with Crippen LogP contribution in [0.2, 0.25) is 0 Å². The van der Waals surface area contributed by atoms with Crippen LogP contribution in [0.15, 0.2) is 40.5 Å². The minimum atomic E-state index is -0.248. The average molecular weight is 328 g/mol. The van der Waals surface area contributed by atoms with E-state index in [4.69, 9.17) is 0 Å². The Balaban J connectivity index is 1.92. The predicted molar refractivity (Wildman–Crippen MR) is 91.8 cm³/mol. The standard InChI is InChI=1S/C16H16N4O2S/c1-3-20-15(22)11-6-4-5-7-12(11)17-16(20)19-18-14(21)13-10(2)8-9-23-13/h4-9H,3H2,1-2H3,(H,17,19)(H,18,21). The van der Waals surface area contributed by atoms with E-state index in [9.17, 15) is 9.59 Å². The largest absolute Gasteiger partial charge is 0.280 e. The van der Waals surface area contributed by atoms with Crippen LogP contribution in [0, 0.1) is 6.92 Å². The van der Waals surface area contributed by atoms with E-state index >= 15 is 0 Å². The highest BCUT2D eigenvalue weighted by Gasteiger charge is 2.13. The number of aromatic nitrogens is 2. The van der Waals surface area contributed by atoms with Crippen LogP contribution in [-0.4, -0.2) is 15.5 Å². The maximum absolute atomic E-state index is 12.5. The van der Waals surface area contributed by atoms with E-state index in [2.05, 4.69) is 15.8 Å². The number of amides is 1. The number of thiophene rings is 1. The van der Waals surface area contributed by atoms with E-state index < -0.39 is 0 Å². The fourth-order valence-corrected chi connectivity index (χ4v) is 3.15. The third-order valence-corrected chi connectivity index (χ3v) is 4.55. The summed E-state index contributed by atoms with van der Waals surface area (Å²) in [5.41, 5.74) is 6.74. The van der Waals surface area contributed by atoms with E-state index in [1.807, 2.05) is 31.4 Å². The zero-order chi connectivity index (χ0) is 16.4. The number of rotatable bonds is 4. The van der Waals surface area contributed by atoms with Gasteiger partial charge >= 0.3 is 0 Å². The van der Waals surface area contributed by atoms with Crippen molar-refractivity contribution in [2.75, 3.05) is 5.43 Å². The van der Waals surface area contributed by atoms with Crippen molar-refractivity contribution in [3.05, 3.63) is 56.5 Å². The molecule has 0 bridgehead atoms. The summed E-state index contributed by atoms with van der Waals surface area (Å²) in [5, 5.41) is 2.42. The molecule has 2 N–H and O–H groups in total. The first-order valence-corrected chi connectivity index (χ1v) is 8.09. The molecule has 1 amide bonds. The lowest BCUT2D eigenvalue weighted by Crippen LogP contribution is -2.34. The molecule has 0 saturated carbocycles. The first-order valence-electron chi connectivity index (χ1n) is 7.22. The topological polar surface area (TPSA) is 76.0 Å². The zero-order valence-corrected chi connectivity index (χ0v) is 13.6. The molecule has 2 heterocycles. The van der Waals surface area contributed by atoms with E-state index in [0.717, 1.165) is 5.56 Å². The van der Waals surface area contributed by atoms with Crippen molar-refractivity contribution in [1.29, 1.82) is 0 Å². The highest BCUT2D eigenvalue weighted by atomic mass is 32.1. The molecule has 0 aliphatic rings. The van der Waals surface area contributed by atoms with Gasteiger partial charge in [0.1, 0.15) is 0 Å². The Labute approximate surface area is 136 Å². The molecule has 23 heavy (non-hydrogen) atoms. The van der Waals surface area contributed by atoms with Crippen molar-refractivity contribution < 1.29 is 4.79 Å². The molecule has 0 aliphatic carbocycles. The monoisotopic (exact) mass is 328 g/mol. The Kier molecular flexibility index (Phi) is 4.12. The fraction of sp³-hybridized carbons (Fsp3) is 0.188. The molecule has 0 fully saturated rings. The molecule has 0 aliphatic heterocycles. The van der Waals surface area contributed by atoms with Gasteiger partial charge in [0, 0.05) is 6.54 Å². The Hall–Kier alpha value is -2.67. The SMILES string of the molecule is CCn1c(NNC(=O)c2sccc2C)nc2ccccc2c1=O. The van der Waals surface area contributed by atoms with E-state index in [0.29, 0.717) is 28.3 Å². The van der Waals surface area contributed by atoms with Crippen LogP contribution < -0.4 is 16.4 Å². The summed E-state index contributed by atoms with van der Waals surface area (Å²) in [5.74, 6) is 0.0707. The average Bonchev–Trinajstić information content (AvgIpc) is 2.99. The summed E-state index contributed by atoms with van der Waals surface area (Å²) in [4.78, 5) is 29.7. The lowest BCUT2D eigenvalue weighted by molar-refractivity contribution is 0.0965. The van der Waals surface area contributed by atoms with Crippen molar-refractivity contribution in [2.45, 2.75) is 20.4 Å². The highest BCUT2D eigenvalue weighted by Crippen LogP contribution is 2.15. The summed E-state index contributed by atoms with van der Waals surface area (Å²) in [7, 11) is 0. The number of anilines is 1. The maximum atomic E-state index is 12.5. The number of hydrazine groups is 1. The maximum Gasteiger partial charge on any atom is 0.280 e. The van der Waals surface area contributed by atoms with Crippen LogP contribution in [0.3, 0.4) is 0 Å². The van der Waals surface area contributed by atoms with E-state index in [1.165, 1.54) is 15.9 Å². The number of benzene rings is 1. The molecule has 2 aromatic heterocycles. The fourth-order valence-electron chi connectivity index (χ4n) is 2.33. The number of hydrogen-bond acceptors (Lipinski definition) is 5. The van der Waals surface area contributed by atoms with E-state index in [-0.39, 0.29) is 11.5 Å². The van der Waals surface area contributed by atoms with Crippen molar-refractivity contribution in [2.24, 2.45) is 0 Å². The number of nitrogens with one attached hydrogen (secondary N) is 2. The van der Waals surface area contributed by atoms with Crippen LogP contribution in [0.5, 0.6) is 0 Å². The van der Waals surface area contributed by atoms with Gasteiger partial charge in [0.15, 0.2) is 0 Å². The smallest absolute Gasteiger partial charge is 0.277 e. The molecule has 3 rings (SSSR count). The lowest BCUT2D eigenvalue weighted by Gasteiger charge is -2.13. The van der Waals surface area contributed by atoms with Crippen LogP contribution in [0.4, 0.5) is 5.95 Å². The molecule has 7 heteroatoms. The van der Waals surface area contributed by atoms with Gasteiger partial charge in [0.2, 0.25) is 5.95 Å². The Bertz CT molecular complexity index is 929. The molecule has 0 radical (unpaired) electrons. The van der Waals surface area contributed by atoms with Gasteiger partial charge in [-0.2, -0.15) is 0 Å². The van der Waals surface area contributed by atoms with Crippen LogP contribution in [-0.2, 0) is 6.54 Å². The summed E-state index contributed by atoms with van der Waals surface area (Å²) < 4.78 is 1.49. The second kappa shape index (κ2) is 6.21. The third kappa shape index (κ3) is 2.83. The van der Waals surface area contributed by atoms with Gasteiger partial charge in [-0.25, -0.2) is 4.98 Å². The molecule has 0 atom stereocenters. The molecule has 3 aromatic rings. The van der Waals surface area contributed by atoms with Crippen molar-refractivity contribution in [1.82, 2.24) is 15.0 Å². The van der Waals surface area contributed by atoms with Crippen LogP contribution in [0.1, 0.15) is 22.2 Å². The summed E-state index contributed by atoms with van der Waals surface area (Å²) in [6.07, 6.45) is 0. The van der Waals surface area contributed by atoms with Crippen LogP contribution in [0.25, 0.3) is 10.9 Å². The zero-order valence-electron chi connectivity index (χ0n) is 12.8. The van der Waals surface area contributed by atoms with Gasteiger partial charge in [-0.1, -0.05) is 12.1 Å². The number of carbonyl (C=O) groups is 1.